The van der Waals surface area contributed by atoms with Crippen LogP contribution in [0.25, 0.3) is 0 Å². The maximum Gasteiger partial charge on any atom is 0.442 e. The molecule has 1 amide bonds. The van der Waals surface area contributed by atoms with Gasteiger partial charge in [0.15, 0.2) is 0 Å². The number of carbonyl (C=O) groups is 1. The number of nitrogens with zero attached hydrogens (tertiary/aromatic N) is 3. The first-order valence-electron chi connectivity index (χ1n) is 9.27. The number of benzene rings is 1. The fraction of sp³-hybridized carbons (Fsp3) is 0.350. The van der Waals surface area contributed by atoms with Crippen molar-refractivity contribution in [1.29, 1.82) is 0 Å². The van der Waals surface area contributed by atoms with E-state index in [1.165, 1.54) is 23.2 Å². The van der Waals surface area contributed by atoms with Gasteiger partial charge in [-0.3, -0.25) is 9.69 Å². The number of carbonyl (C=O) groups excluding carboxylic acids is 1. The normalized spacial score (nSPS) is 22.8. The Balaban J connectivity index is 1.85. The topological polar surface area (TPSA) is 57.6 Å². The minimum Gasteiger partial charge on any atom is -0.331 e. The number of amidine groups is 1. The van der Waals surface area contributed by atoms with Crippen molar-refractivity contribution in [3.8, 4) is 0 Å². The monoisotopic (exact) mass is 422 g/mol. The van der Waals surface area contributed by atoms with Crippen molar-refractivity contribution in [2.24, 2.45) is 4.99 Å². The van der Waals surface area contributed by atoms with Crippen molar-refractivity contribution in [3.63, 3.8) is 0 Å². The number of hydrogen-bond donors (Lipinski definition) is 1. The molecule has 0 unspecified atom stereocenters. The molecule has 1 aliphatic heterocycles. The third-order valence-corrected chi connectivity index (χ3v) is 5.43. The second-order valence-electron chi connectivity index (χ2n) is 7.11. The standard InChI is InChI=1S/C20H18ClF3N4O/c21-14-10-11-25-16(12-14)26-19(20(22,23)24)18(29)28(15-8-4-5-9-15)17(27-19)13-6-2-1-3-7-13/h1-3,6-7,10-12,15H,4-5,8-9H2,(H,25,26)/t19-/m0/s1. The summed E-state index contributed by atoms with van der Waals surface area (Å²) in [6, 6.07) is 10.8. The van der Waals surface area contributed by atoms with Crippen LogP contribution in [0.5, 0.6) is 0 Å². The highest BCUT2D eigenvalue weighted by Gasteiger charge is 2.67. The summed E-state index contributed by atoms with van der Waals surface area (Å²) in [5.74, 6) is -1.29. The smallest absolute Gasteiger partial charge is 0.331 e. The van der Waals surface area contributed by atoms with Gasteiger partial charge >= 0.3 is 11.8 Å². The summed E-state index contributed by atoms with van der Waals surface area (Å²) >= 11 is 5.89. The fourth-order valence-corrected chi connectivity index (χ4v) is 3.98. The van der Waals surface area contributed by atoms with Gasteiger partial charge in [0.05, 0.1) is 0 Å². The summed E-state index contributed by atoms with van der Waals surface area (Å²) in [5, 5.41) is 2.44. The molecule has 0 bridgehead atoms. The molecule has 29 heavy (non-hydrogen) atoms. The predicted octanol–water partition coefficient (Wildman–Crippen LogP) is 4.64. The van der Waals surface area contributed by atoms with Gasteiger partial charge in [0, 0.05) is 22.8 Å². The number of anilines is 1. The second-order valence-corrected chi connectivity index (χ2v) is 7.54. The highest BCUT2D eigenvalue weighted by atomic mass is 35.5. The van der Waals surface area contributed by atoms with Crippen molar-refractivity contribution in [1.82, 2.24) is 9.88 Å². The molecule has 1 aromatic heterocycles. The van der Waals surface area contributed by atoms with E-state index in [1.54, 1.807) is 30.3 Å². The summed E-state index contributed by atoms with van der Waals surface area (Å²) < 4.78 is 43.0. The van der Waals surface area contributed by atoms with Gasteiger partial charge < -0.3 is 5.32 Å². The molecule has 2 aromatic rings. The summed E-state index contributed by atoms with van der Waals surface area (Å²) in [6.07, 6.45) is -0.717. The molecule has 1 N–H and O–H groups in total. The van der Waals surface area contributed by atoms with E-state index in [0.29, 0.717) is 18.4 Å². The zero-order chi connectivity index (χ0) is 20.6. The summed E-state index contributed by atoms with van der Waals surface area (Å²) in [4.78, 5) is 22.4. The van der Waals surface area contributed by atoms with Gasteiger partial charge in [-0.05, 0) is 25.0 Å². The van der Waals surface area contributed by atoms with Crippen LogP contribution in [0, 0.1) is 0 Å². The van der Waals surface area contributed by atoms with E-state index in [-0.39, 0.29) is 22.7 Å². The molecular formula is C20H18ClF3N4O. The minimum absolute atomic E-state index is 0.0225. The van der Waals surface area contributed by atoms with Crippen molar-refractivity contribution in [2.75, 3.05) is 5.32 Å². The molecule has 1 aromatic carbocycles. The Hall–Kier alpha value is -2.61. The van der Waals surface area contributed by atoms with Crippen LogP contribution in [0.4, 0.5) is 19.0 Å². The summed E-state index contributed by atoms with van der Waals surface area (Å²) in [6.45, 7) is 0. The molecule has 4 rings (SSSR count). The Labute approximate surface area is 170 Å². The number of halogens is 4. The minimum atomic E-state index is -4.98. The Morgan fingerprint density at radius 3 is 2.45 bits per heavy atom. The van der Waals surface area contributed by atoms with Crippen LogP contribution in [0.15, 0.2) is 53.7 Å². The van der Waals surface area contributed by atoms with E-state index in [0.717, 1.165) is 12.8 Å². The molecule has 0 spiro atoms. The Morgan fingerprint density at radius 2 is 1.83 bits per heavy atom. The molecule has 2 heterocycles. The van der Waals surface area contributed by atoms with Crippen LogP contribution < -0.4 is 5.32 Å². The van der Waals surface area contributed by atoms with Crippen molar-refractivity contribution < 1.29 is 18.0 Å². The van der Waals surface area contributed by atoms with Crippen LogP contribution in [-0.2, 0) is 4.79 Å². The highest BCUT2D eigenvalue weighted by Crippen LogP contribution is 2.43. The van der Waals surface area contributed by atoms with E-state index < -0.39 is 17.7 Å². The SMILES string of the molecule is O=C1N(C2CCCC2)C(c2ccccc2)=N[C@]1(Nc1cc(Cl)ccn1)C(F)(F)F. The lowest BCUT2D eigenvalue weighted by Gasteiger charge is -2.31. The third kappa shape index (κ3) is 3.46. The number of amides is 1. The van der Waals surface area contributed by atoms with E-state index in [1.807, 2.05) is 0 Å². The molecule has 0 saturated heterocycles. The van der Waals surface area contributed by atoms with Gasteiger partial charge in [-0.15, -0.1) is 0 Å². The van der Waals surface area contributed by atoms with Crippen molar-refractivity contribution >= 4 is 29.2 Å². The van der Waals surface area contributed by atoms with Crippen molar-refractivity contribution in [3.05, 3.63) is 59.2 Å². The van der Waals surface area contributed by atoms with Gasteiger partial charge in [-0.2, -0.15) is 13.2 Å². The number of nitrogens with one attached hydrogen (secondary N) is 1. The molecule has 1 saturated carbocycles. The number of pyridine rings is 1. The molecule has 1 fully saturated rings. The zero-order valence-corrected chi connectivity index (χ0v) is 16.0. The van der Waals surface area contributed by atoms with Crippen LogP contribution in [0.1, 0.15) is 31.2 Å². The van der Waals surface area contributed by atoms with Gasteiger partial charge in [0.1, 0.15) is 11.7 Å². The summed E-state index contributed by atoms with van der Waals surface area (Å²) in [7, 11) is 0. The Bertz CT molecular complexity index is 944. The van der Waals surface area contributed by atoms with E-state index in [4.69, 9.17) is 11.6 Å². The second kappa shape index (κ2) is 7.33. The molecule has 9 heteroatoms. The van der Waals surface area contributed by atoms with Crippen LogP contribution in [0.3, 0.4) is 0 Å². The maximum atomic E-state index is 14.3. The third-order valence-electron chi connectivity index (χ3n) is 5.19. The van der Waals surface area contributed by atoms with Gasteiger partial charge in [0.25, 0.3) is 5.91 Å². The summed E-state index contributed by atoms with van der Waals surface area (Å²) in [5.41, 5.74) is -2.70. The molecular weight excluding hydrogens is 405 g/mol. The zero-order valence-electron chi connectivity index (χ0n) is 15.3. The van der Waals surface area contributed by atoms with Crippen LogP contribution >= 0.6 is 11.6 Å². The number of alkyl halides is 3. The largest absolute Gasteiger partial charge is 0.442 e. The lowest BCUT2D eigenvalue weighted by atomic mass is 10.1. The van der Waals surface area contributed by atoms with E-state index in [2.05, 4.69) is 15.3 Å². The van der Waals surface area contributed by atoms with E-state index >= 15 is 0 Å². The Morgan fingerprint density at radius 1 is 1.14 bits per heavy atom. The average Bonchev–Trinajstić information content (AvgIpc) is 3.29. The van der Waals surface area contributed by atoms with Gasteiger partial charge in [-0.1, -0.05) is 54.8 Å². The molecule has 1 aliphatic carbocycles. The maximum absolute atomic E-state index is 14.3. The quantitative estimate of drug-likeness (QED) is 0.781. The predicted molar refractivity (Wildman–Crippen MR) is 104 cm³/mol. The number of aromatic nitrogens is 1. The lowest BCUT2D eigenvalue weighted by Crippen LogP contribution is -2.59. The number of rotatable bonds is 4. The molecule has 2 aliphatic rings. The van der Waals surface area contributed by atoms with E-state index in [9.17, 15) is 18.0 Å². The van der Waals surface area contributed by atoms with Gasteiger partial charge in [0.2, 0.25) is 0 Å². The fourth-order valence-electron chi connectivity index (χ4n) is 3.82. The van der Waals surface area contributed by atoms with Crippen molar-refractivity contribution in [2.45, 2.75) is 43.6 Å². The average molecular weight is 423 g/mol. The number of aliphatic imine (C=N–C) groups is 1. The molecule has 5 nitrogen and oxygen atoms in total. The first kappa shape index (κ1) is 19.7. The van der Waals surface area contributed by atoms with Crippen LogP contribution in [0.2, 0.25) is 5.02 Å². The Kier molecular flexibility index (Phi) is 4.98. The lowest BCUT2D eigenvalue weighted by molar-refractivity contribution is -0.185. The highest BCUT2D eigenvalue weighted by molar-refractivity contribution is 6.30. The first-order chi connectivity index (χ1) is 13.8. The molecule has 152 valence electrons. The first-order valence-corrected chi connectivity index (χ1v) is 9.65. The molecule has 0 radical (unpaired) electrons. The van der Waals surface area contributed by atoms with Crippen LogP contribution in [-0.4, -0.2) is 39.5 Å². The number of hydrogen-bond acceptors (Lipinski definition) is 4. The van der Waals surface area contributed by atoms with Gasteiger partial charge in [-0.25, -0.2) is 9.98 Å². The molecule has 1 atom stereocenters.